The van der Waals surface area contributed by atoms with Gasteiger partial charge in [-0.25, -0.2) is 22.7 Å². The van der Waals surface area contributed by atoms with Crippen LogP contribution in [-0.2, 0) is 29.1 Å². The molecule has 0 aromatic carbocycles. The average molecular weight is 333 g/mol. The molecule has 0 atom stereocenters. The largest absolute Gasteiger partial charge is 0.463 e. The van der Waals surface area contributed by atoms with Gasteiger partial charge in [0.05, 0.1) is 11.9 Å². The summed E-state index contributed by atoms with van der Waals surface area (Å²) in [7, 11) is -3.35. The Kier molecular flexibility index (Phi) is 8.11. The molecule has 0 aromatic rings. The normalized spacial score (nSPS) is 16.6. The predicted octanol–water partition coefficient (Wildman–Crippen LogP) is 0.901. The Labute approximate surface area is 131 Å². The number of sulfonamides is 1. The van der Waals surface area contributed by atoms with Gasteiger partial charge in [-0.1, -0.05) is 19.3 Å². The Hall–Kier alpha value is -1.41. The van der Waals surface area contributed by atoms with Crippen molar-refractivity contribution in [3.05, 3.63) is 12.2 Å². The Morgan fingerprint density at radius 2 is 1.68 bits per heavy atom. The van der Waals surface area contributed by atoms with Crippen molar-refractivity contribution in [2.45, 2.75) is 44.3 Å². The zero-order valence-electron chi connectivity index (χ0n) is 12.7. The Balaban J connectivity index is 2.23. The first kappa shape index (κ1) is 18.6. The Morgan fingerprint density at radius 1 is 1.09 bits per heavy atom. The maximum absolute atomic E-state index is 12.0. The van der Waals surface area contributed by atoms with Crippen LogP contribution in [0.1, 0.15) is 39.0 Å². The molecule has 0 bridgehead atoms. The second-order valence-corrected chi connectivity index (χ2v) is 7.00. The summed E-state index contributed by atoms with van der Waals surface area (Å²) >= 11 is 0. The molecule has 0 radical (unpaired) electrons. The second kappa shape index (κ2) is 9.58. The minimum atomic E-state index is -3.35. The van der Waals surface area contributed by atoms with E-state index in [0.29, 0.717) is 12.8 Å². The molecule has 7 nitrogen and oxygen atoms in total. The monoisotopic (exact) mass is 333 g/mol. The molecule has 8 heteroatoms. The highest BCUT2D eigenvalue weighted by Crippen LogP contribution is 2.22. The molecule has 0 aliphatic heterocycles. The fourth-order valence-corrected chi connectivity index (χ4v) is 3.76. The number of ether oxygens (including phenoxy) is 2. The maximum atomic E-state index is 12.0. The van der Waals surface area contributed by atoms with E-state index in [0.717, 1.165) is 31.4 Å². The summed E-state index contributed by atoms with van der Waals surface area (Å²) in [5.41, 5.74) is 0. The lowest BCUT2D eigenvalue weighted by Gasteiger charge is -2.21. The molecule has 1 rings (SSSR count). The fraction of sp³-hybridized carbons (Fsp3) is 0.714. The summed E-state index contributed by atoms with van der Waals surface area (Å²) in [6, 6.07) is 0. The molecule has 22 heavy (non-hydrogen) atoms. The summed E-state index contributed by atoms with van der Waals surface area (Å²) in [6.45, 7) is 1.82. The predicted molar refractivity (Wildman–Crippen MR) is 80.5 cm³/mol. The third-order valence-corrected chi connectivity index (χ3v) is 5.24. The van der Waals surface area contributed by atoms with Gasteiger partial charge < -0.3 is 9.47 Å². The van der Waals surface area contributed by atoms with Gasteiger partial charge in [0.2, 0.25) is 10.0 Å². The number of nitrogens with one attached hydrogen (secondary N) is 1. The van der Waals surface area contributed by atoms with Crippen LogP contribution in [0.5, 0.6) is 0 Å². The third kappa shape index (κ3) is 7.04. The van der Waals surface area contributed by atoms with Crippen LogP contribution < -0.4 is 4.72 Å². The minimum absolute atomic E-state index is 0.0256. The molecule has 1 fully saturated rings. The van der Waals surface area contributed by atoms with Crippen molar-refractivity contribution in [1.29, 1.82) is 0 Å². The first-order chi connectivity index (χ1) is 10.5. The van der Waals surface area contributed by atoms with Crippen LogP contribution in [0.25, 0.3) is 0 Å². The molecule has 1 aliphatic rings. The zero-order chi connectivity index (χ0) is 16.4. The van der Waals surface area contributed by atoms with Gasteiger partial charge >= 0.3 is 11.9 Å². The Morgan fingerprint density at radius 3 is 2.27 bits per heavy atom. The molecule has 0 spiro atoms. The first-order valence-electron chi connectivity index (χ1n) is 7.45. The van der Waals surface area contributed by atoms with Crippen LogP contribution in [0.4, 0.5) is 0 Å². The highest BCUT2D eigenvalue weighted by molar-refractivity contribution is 7.90. The summed E-state index contributed by atoms with van der Waals surface area (Å²) in [4.78, 5) is 22.3. The van der Waals surface area contributed by atoms with Gasteiger partial charge in [-0.15, -0.1) is 0 Å². The number of carbonyl (C=O) groups excluding carboxylic acids is 2. The van der Waals surface area contributed by atoms with Gasteiger partial charge in [0.25, 0.3) is 0 Å². The first-order valence-corrected chi connectivity index (χ1v) is 9.00. The van der Waals surface area contributed by atoms with Crippen molar-refractivity contribution < 1.29 is 27.5 Å². The lowest BCUT2D eigenvalue weighted by molar-refractivity contribution is -0.140. The van der Waals surface area contributed by atoms with Gasteiger partial charge in [0.15, 0.2) is 0 Å². The number of carbonyl (C=O) groups is 2. The highest BCUT2D eigenvalue weighted by atomic mass is 32.2. The van der Waals surface area contributed by atoms with Gasteiger partial charge in [-0.2, -0.15) is 0 Å². The molecule has 0 amide bonds. The van der Waals surface area contributed by atoms with Crippen molar-refractivity contribution in [2.24, 2.45) is 0 Å². The fourth-order valence-electron chi connectivity index (χ4n) is 2.20. The second-order valence-electron chi connectivity index (χ2n) is 4.95. The van der Waals surface area contributed by atoms with Crippen molar-refractivity contribution >= 4 is 22.0 Å². The number of rotatable bonds is 8. The summed E-state index contributed by atoms with van der Waals surface area (Å²) in [6.07, 6.45) is 6.22. The SMILES string of the molecule is CCOC(=O)/C=C/C(=O)OCCNS(=O)(=O)C1CCCCC1. The quantitative estimate of drug-likeness (QED) is 0.402. The van der Waals surface area contributed by atoms with Crippen molar-refractivity contribution in [2.75, 3.05) is 19.8 Å². The van der Waals surface area contributed by atoms with Gasteiger partial charge in [0, 0.05) is 18.7 Å². The van der Waals surface area contributed by atoms with Crippen molar-refractivity contribution in [3.63, 3.8) is 0 Å². The van der Waals surface area contributed by atoms with Gasteiger partial charge in [-0.3, -0.25) is 0 Å². The molecule has 0 unspecified atom stereocenters. The van der Waals surface area contributed by atoms with E-state index in [-0.39, 0.29) is 25.0 Å². The average Bonchev–Trinajstić information content (AvgIpc) is 2.51. The van der Waals surface area contributed by atoms with Crippen LogP contribution in [0.15, 0.2) is 12.2 Å². The van der Waals surface area contributed by atoms with E-state index in [1.807, 2.05) is 0 Å². The summed E-state index contributed by atoms with van der Waals surface area (Å²) < 4.78 is 35.8. The van der Waals surface area contributed by atoms with Crippen LogP contribution in [-0.4, -0.2) is 45.4 Å². The number of hydrogen-bond acceptors (Lipinski definition) is 6. The molecule has 0 heterocycles. The summed E-state index contributed by atoms with van der Waals surface area (Å²) in [5, 5.41) is -0.347. The molecular weight excluding hydrogens is 310 g/mol. The van der Waals surface area contributed by atoms with E-state index in [1.54, 1.807) is 6.92 Å². The third-order valence-electron chi connectivity index (χ3n) is 3.28. The van der Waals surface area contributed by atoms with E-state index >= 15 is 0 Å². The number of hydrogen-bond donors (Lipinski definition) is 1. The lowest BCUT2D eigenvalue weighted by atomic mass is 10.0. The van der Waals surface area contributed by atoms with Crippen molar-refractivity contribution in [1.82, 2.24) is 4.72 Å². The molecule has 1 N–H and O–H groups in total. The van der Waals surface area contributed by atoms with E-state index in [9.17, 15) is 18.0 Å². The lowest BCUT2D eigenvalue weighted by Crippen LogP contribution is -2.37. The van der Waals surface area contributed by atoms with Crippen LogP contribution in [0.3, 0.4) is 0 Å². The van der Waals surface area contributed by atoms with Crippen molar-refractivity contribution in [3.8, 4) is 0 Å². The zero-order valence-corrected chi connectivity index (χ0v) is 13.6. The molecular formula is C14H23NO6S. The Bertz CT molecular complexity index is 493. The van der Waals surface area contributed by atoms with Crippen LogP contribution >= 0.6 is 0 Å². The van der Waals surface area contributed by atoms with E-state index in [2.05, 4.69) is 9.46 Å². The standard InChI is InChI=1S/C14H23NO6S/c1-2-20-13(16)8-9-14(17)21-11-10-15-22(18,19)12-6-4-3-5-7-12/h8-9,12,15H,2-7,10-11H2,1H3/b9-8+. The topological polar surface area (TPSA) is 98.8 Å². The van der Waals surface area contributed by atoms with Crippen LogP contribution in [0, 0.1) is 0 Å². The minimum Gasteiger partial charge on any atom is -0.463 e. The molecule has 0 aromatic heterocycles. The van der Waals surface area contributed by atoms with Crippen LogP contribution in [0.2, 0.25) is 0 Å². The summed E-state index contributed by atoms with van der Waals surface area (Å²) in [5.74, 6) is -1.35. The molecule has 1 aliphatic carbocycles. The van der Waals surface area contributed by atoms with E-state index in [4.69, 9.17) is 4.74 Å². The highest BCUT2D eigenvalue weighted by Gasteiger charge is 2.26. The number of esters is 2. The van der Waals surface area contributed by atoms with Gasteiger partial charge in [0.1, 0.15) is 6.61 Å². The van der Waals surface area contributed by atoms with E-state index < -0.39 is 22.0 Å². The molecule has 0 saturated heterocycles. The van der Waals surface area contributed by atoms with Gasteiger partial charge in [-0.05, 0) is 19.8 Å². The maximum Gasteiger partial charge on any atom is 0.331 e. The molecule has 126 valence electrons. The molecule has 1 saturated carbocycles. The smallest absolute Gasteiger partial charge is 0.331 e. The van der Waals surface area contributed by atoms with E-state index in [1.165, 1.54) is 0 Å².